The Balaban J connectivity index is 2.37. The molecule has 2 nitrogen and oxygen atoms in total. The molecule has 0 aromatic heterocycles. The van der Waals surface area contributed by atoms with Crippen LogP contribution >= 0.6 is 11.6 Å². The highest BCUT2D eigenvalue weighted by molar-refractivity contribution is 6.30. The molecule has 4 heteroatoms. The monoisotopic (exact) mass is 306 g/mol. The Bertz CT molecular complexity index is 632. The highest BCUT2D eigenvalue weighted by atomic mass is 35.5. The largest absolute Gasteiger partial charge is 0.271 e. The van der Waals surface area contributed by atoms with Crippen LogP contribution in [0, 0.1) is 26.6 Å². The summed E-state index contributed by atoms with van der Waals surface area (Å²) in [5.74, 6) is 5.41. The van der Waals surface area contributed by atoms with Crippen molar-refractivity contribution in [2.75, 3.05) is 0 Å². The molecule has 2 aromatic rings. The fraction of sp³-hybridized carbons (Fsp3) is 0.294. The van der Waals surface area contributed by atoms with Crippen molar-refractivity contribution in [3.8, 4) is 0 Å². The molecular formula is C17H20ClFN2. The molecule has 0 aliphatic rings. The first-order valence-electron chi connectivity index (χ1n) is 6.90. The number of halogens is 2. The van der Waals surface area contributed by atoms with Crippen molar-refractivity contribution in [2.45, 2.75) is 33.2 Å². The van der Waals surface area contributed by atoms with Gasteiger partial charge in [-0.2, -0.15) is 0 Å². The number of aryl methyl sites for hydroxylation is 3. The van der Waals surface area contributed by atoms with Gasteiger partial charge in [-0.15, -0.1) is 0 Å². The van der Waals surface area contributed by atoms with Crippen LogP contribution in [0.2, 0.25) is 5.02 Å². The van der Waals surface area contributed by atoms with Gasteiger partial charge < -0.3 is 0 Å². The number of hydrazine groups is 1. The summed E-state index contributed by atoms with van der Waals surface area (Å²) in [6.45, 7) is 6.17. The fourth-order valence-electron chi connectivity index (χ4n) is 2.89. The molecule has 0 aliphatic heterocycles. The zero-order chi connectivity index (χ0) is 15.6. The minimum Gasteiger partial charge on any atom is -0.271 e. The van der Waals surface area contributed by atoms with Crippen molar-refractivity contribution in [1.29, 1.82) is 0 Å². The van der Waals surface area contributed by atoms with Gasteiger partial charge in [0.15, 0.2) is 0 Å². The molecule has 2 aromatic carbocycles. The van der Waals surface area contributed by atoms with Crippen LogP contribution < -0.4 is 11.3 Å². The summed E-state index contributed by atoms with van der Waals surface area (Å²) in [4.78, 5) is 0. The van der Waals surface area contributed by atoms with Crippen molar-refractivity contribution in [3.63, 3.8) is 0 Å². The topological polar surface area (TPSA) is 38.0 Å². The molecule has 21 heavy (non-hydrogen) atoms. The van der Waals surface area contributed by atoms with Gasteiger partial charge in [0.2, 0.25) is 0 Å². The Kier molecular flexibility index (Phi) is 4.99. The molecule has 112 valence electrons. The van der Waals surface area contributed by atoms with Gasteiger partial charge in [-0.1, -0.05) is 35.4 Å². The van der Waals surface area contributed by atoms with Gasteiger partial charge in [0.1, 0.15) is 5.82 Å². The minimum atomic E-state index is -0.301. The highest BCUT2D eigenvalue weighted by Gasteiger charge is 2.17. The van der Waals surface area contributed by atoms with E-state index in [1.165, 1.54) is 11.6 Å². The van der Waals surface area contributed by atoms with Gasteiger partial charge in [-0.05, 0) is 61.6 Å². The van der Waals surface area contributed by atoms with E-state index in [-0.39, 0.29) is 11.9 Å². The molecule has 1 atom stereocenters. The molecule has 0 saturated carbocycles. The summed E-state index contributed by atoms with van der Waals surface area (Å²) >= 11 is 5.79. The minimum absolute atomic E-state index is 0.138. The Hall–Kier alpha value is -1.42. The molecule has 0 spiro atoms. The second-order valence-electron chi connectivity index (χ2n) is 5.47. The molecule has 2 rings (SSSR count). The zero-order valence-corrected chi connectivity index (χ0v) is 13.3. The molecule has 0 bridgehead atoms. The predicted molar refractivity (Wildman–Crippen MR) is 85.8 cm³/mol. The summed E-state index contributed by atoms with van der Waals surface area (Å²) in [7, 11) is 0. The maximum atomic E-state index is 14.0. The molecule has 0 fully saturated rings. The fourth-order valence-corrected chi connectivity index (χ4v) is 3.05. The normalized spacial score (nSPS) is 12.5. The lowest BCUT2D eigenvalue weighted by Gasteiger charge is -2.22. The third-order valence-electron chi connectivity index (χ3n) is 3.73. The van der Waals surface area contributed by atoms with Gasteiger partial charge in [0, 0.05) is 5.02 Å². The van der Waals surface area contributed by atoms with Gasteiger partial charge in [0.05, 0.1) is 6.04 Å². The van der Waals surface area contributed by atoms with Crippen molar-refractivity contribution < 1.29 is 4.39 Å². The van der Waals surface area contributed by atoms with Gasteiger partial charge in [0.25, 0.3) is 0 Å². The number of hydrogen-bond donors (Lipinski definition) is 2. The average Bonchev–Trinajstić information content (AvgIpc) is 2.39. The highest BCUT2D eigenvalue weighted by Crippen LogP contribution is 2.27. The van der Waals surface area contributed by atoms with E-state index in [0.29, 0.717) is 17.0 Å². The Labute approximate surface area is 130 Å². The summed E-state index contributed by atoms with van der Waals surface area (Å²) in [5, 5.41) is 0.399. The lowest BCUT2D eigenvalue weighted by Crippen LogP contribution is -2.31. The molecule has 0 aliphatic carbocycles. The summed E-state index contributed by atoms with van der Waals surface area (Å²) < 4.78 is 14.0. The number of benzene rings is 2. The number of rotatable bonds is 4. The Morgan fingerprint density at radius 3 is 2.29 bits per heavy atom. The van der Waals surface area contributed by atoms with Crippen LogP contribution in [0.3, 0.4) is 0 Å². The maximum Gasteiger partial charge on any atom is 0.127 e. The van der Waals surface area contributed by atoms with E-state index in [1.807, 2.05) is 0 Å². The lowest BCUT2D eigenvalue weighted by atomic mass is 9.90. The van der Waals surface area contributed by atoms with Gasteiger partial charge in [-0.25, -0.2) is 4.39 Å². The van der Waals surface area contributed by atoms with Crippen LogP contribution in [0.5, 0.6) is 0 Å². The summed E-state index contributed by atoms with van der Waals surface area (Å²) in [5.41, 5.74) is 8.06. The molecule has 0 radical (unpaired) electrons. The van der Waals surface area contributed by atoms with Gasteiger partial charge >= 0.3 is 0 Å². The molecule has 3 N–H and O–H groups in total. The van der Waals surface area contributed by atoms with Crippen LogP contribution in [0.25, 0.3) is 0 Å². The van der Waals surface area contributed by atoms with Crippen LogP contribution in [0.4, 0.5) is 4.39 Å². The first-order valence-corrected chi connectivity index (χ1v) is 7.28. The molecule has 0 saturated heterocycles. The average molecular weight is 307 g/mol. The standard InChI is InChI=1S/C17H20ClFN2/c1-10-6-11(2)17(12(3)7-10)16(21-20)8-13-4-5-14(18)9-15(13)19/h4-7,9,16,21H,8,20H2,1-3H3. The van der Waals surface area contributed by atoms with Crippen LogP contribution in [0.1, 0.15) is 33.9 Å². The zero-order valence-electron chi connectivity index (χ0n) is 12.5. The SMILES string of the molecule is Cc1cc(C)c(C(Cc2ccc(Cl)cc2F)NN)c(C)c1. The van der Waals surface area contributed by atoms with Crippen molar-refractivity contribution >= 4 is 11.6 Å². The summed E-state index contributed by atoms with van der Waals surface area (Å²) in [6, 6.07) is 8.83. The van der Waals surface area contributed by atoms with Crippen LogP contribution in [-0.4, -0.2) is 0 Å². The second-order valence-corrected chi connectivity index (χ2v) is 5.91. The molecule has 1 unspecified atom stereocenters. The first-order chi connectivity index (χ1) is 9.92. The van der Waals surface area contributed by atoms with Crippen LogP contribution in [0.15, 0.2) is 30.3 Å². The van der Waals surface area contributed by atoms with E-state index >= 15 is 0 Å². The van der Waals surface area contributed by atoms with Crippen molar-refractivity contribution in [1.82, 2.24) is 5.43 Å². The predicted octanol–water partition coefficient (Wildman–Crippen LogP) is 4.15. The quantitative estimate of drug-likeness (QED) is 0.658. The van der Waals surface area contributed by atoms with E-state index in [0.717, 1.165) is 16.7 Å². The van der Waals surface area contributed by atoms with Crippen LogP contribution in [-0.2, 0) is 6.42 Å². The van der Waals surface area contributed by atoms with Crippen molar-refractivity contribution in [3.05, 3.63) is 69.0 Å². The van der Waals surface area contributed by atoms with E-state index in [1.54, 1.807) is 12.1 Å². The molecule has 0 heterocycles. The van der Waals surface area contributed by atoms with E-state index < -0.39 is 0 Å². The smallest absolute Gasteiger partial charge is 0.127 e. The van der Waals surface area contributed by atoms with E-state index in [2.05, 4.69) is 38.3 Å². The number of nitrogens with two attached hydrogens (primary N) is 1. The molecule has 0 amide bonds. The van der Waals surface area contributed by atoms with E-state index in [9.17, 15) is 4.39 Å². The molecular weight excluding hydrogens is 287 g/mol. The Morgan fingerprint density at radius 1 is 1.14 bits per heavy atom. The summed E-state index contributed by atoms with van der Waals surface area (Å²) in [6.07, 6.45) is 0.476. The third kappa shape index (κ3) is 3.62. The Morgan fingerprint density at radius 2 is 1.76 bits per heavy atom. The first kappa shape index (κ1) is 16.0. The second kappa shape index (κ2) is 6.56. The van der Waals surface area contributed by atoms with E-state index in [4.69, 9.17) is 17.4 Å². The third-order valence-corrected chi connectivity index (χ3v) is 3.96. The van der Waals surface area contributed by atoms with Crippen molar-refractivity contribution in [2.24, 2.45) is 5.84 Å². The number of nitrogens with one attached hydrogen (secondary N) is 1. The lowest BCUT2D eigenvalue weighted by molar-refractivity contribution is 0.525. The number of hydrogen-bond acceptors (Lipinski definition) is 2. The maximum absolute atomic E-state index is 14.0. The van der Waals surface area contributed by atoms with Gasteiger partial charge in [-0.3, -0.25) is 11.3 Å².